The van der Waals surface area contributed by atoms with Crippen molar-refractivity contribution in [3.8, 4) is 0 Å². The first-order valence-electron chi connectivity index (χ1n) is 6.41. The molecule has 0 aliphatic carbocycles. The molecule has 1 aromatic rings. The first-order valence-corrected chi connectivity index (χ1v) is 8.61. The van der Waals surface area contributed by atoms with Crippen molar-refractivity contribution in [1.29, 1.82) is 0 Å². The standard InChI is InChI=1S/C12H16ClN3O4S/c1-20-4-3-16(9-2-5-21(18,19)8-9)12(17)10-6-14-7-11(13)15-10/h6-7,9H,2-5,8H2,1H3. The molecular weight excluding hydrogens is 318 g/mol. The minimum absolute atomic E-state index is 0.0313. The highest BCUT2D eigenvalue weighted by atomic mass is 35.5. The fourth-order valence-electron chi connectivity index (χ4n) is 2.25. The van der Waals surface area contributed by atoms with E-state index in [2.05, 4.69) is 9.97 Å². The van der Waals surface area contributed by atoms with E-state index in [0.29, 0.717) is 19.6 Å². The summed E-state index contributed by atoms with van der Waals surface area (Å²) in [4.78, 5) is 21.8. The molecule has 1 unspecified atom stereocenters. The van der Waals surface area contributed by atoms with Gasteiger partial charge in [0.25, 0.3) is 5.91 Å². The molecule has 0 spiro atoms. The molecule has 2 rings (SSSR count). The fraction of sp³-hybridized carbons (Fsp3) is 0.583. The minimum Gasteiger partial charge on any atom is -0.383 e. The Bertz CT molecular complexity index is 623. The summed E-state index contributed by atoms with van der Waals surface area (Å²) in [6, 6.07) is -0.363. The predicted octanol–water partition coefficient (Wildman–Crippen LogP) is 0.406. The van der Waals surface area contributed by atoms with Gasteiger partial charge in [-0.15, -0.1) is 0 Å². The Labute approximate surface area is 128 Å². The second-order valence-electron chi connectivity index (χ2n) is 4.78. The van der Waals surface area contributed by atoms with Crippen molar-refractivity contribution >= 4 is 27.3 Å². The zero-order chi connectivity index (χ0) is 15.5. The summed E-state index contributed by atoms with van der Waals surface area (Å²) in [5.41, 5.74) is 0.0999. The molecule has 0 radical (unpaired) electrons. The van der Waals surface area contributed by atoms with Crippen molar-refractivity contribution in [1.82, 2.24) is 14.9 Å². The highest BCUT2D eigenvalue weighted by Crippen LogP contribution is 2.19. The van der Waals surface area contributed by atoms with E-state index < -0.39 is 9.84 Å². The molecule has 1 aromatic heterocycles. The van der Waals surface area contributed by atoms with E-state index in [1.54, 1.807) is 0 Å². The number of carbonyl (C=O) groups excluding carboxylic acids is 1. The van der Waals surface area contributed by atoms with Gasteiger partial charge in [-0.2, -0.15) is 0 Å². The van der Waals surface area contributed by atoms with Crippen molar-refractivity contribution in [2.75, 3.05) is 31.8 Å². The summed E-state index contributed by atoms with van der Waals surface area (Å²) < 4.78 is 28.2. The zero-order valence-corrected chi connectivity index (χ0v) is 13.1. The maximum Gasteiger partial charge on any atom is 0.274 e. The minimum atomic E-state index is -3.09. The number of halogens is 1. The SMILES string of the molecule is COCCN(C(=O)c1cncc(Cl)n1)C1CCS(=O)(=O)C1. The van der Waals surface area contributed by atoms with Crippen molar-refractivity contribution < 1.29 is 17.9 Å². The lowest BCUT2D eigenvalue weighted by molar-refractivity contribution is 0.0618. The Kier molecular flexibility index (Phi) is 5.13. The second kappa shape index (κ2) is 6.67. The van der Waals surface area contributed by atoms with Crippen molar-refractivity contribution in [3.05, 3.63) is 23.2 Å². The highest BCUT2D eigenvalue weighted by Gasteiger charge is 2.35. The Morgan fingerprint density at radius 3 is 2.86 bits per heavy atom. The summed E-state index contributed by atoms with van der Waals surface area (Å²) >= 11 is 5.74. The van der Waals surface area contributed by atoms with Crippen molar-refractivity contribution in [3.63, 3.8) is 0 Å². The van der Waals surface area contributed by atoms with Crippen LogP contribution in [0.2, 0.25) is 5.15 Å². The number of aromatic nitrogens is 2. The molecule has 1 atom stereocenters. The maximum atomic E-state index is 12.5. The number of methoxy groups -OCH3 is 1. The first-order chi connectivity index (χ1) is 9.93. The third-order valence-electron chi connectivity index (χ3n) is 3.27. The van der Waals surface area contributed by atoms with Crippen LogP contribution in [-0.4, -0.2) is 67.0 Å². The smallest absolute Gasteiger partial charge is 0.274 e. The summed E-state index contributed by atoms with van der Waals surface area (Å²) in [6.45, 7) is 0.611. The third-order valence-corrected chi connectivity index (χ3v) is 5.20. The Balaban J connectivity index is 2.21. The molecule has 2 heterocycles. The molecule has 1 amide bonds. The number of hydrogen-bond donors (Lipinski definition) is 0. The summed E-state index contributed by atoms with van der Waals surface area (Å²) in [5, 5.41) is 0.117. The fourth-order valence-corrected chi connectivity index (χ4v) is 4.13. The normalized spacial score (nSPS) is 20.4. The molecule has 116 valence electrons. The third kappa shape index (κ3) is 4.12. The highest BCUT2D eigenvalue weighted by molar-refractivity contribution is 7.91. The van der Waals surface area contributed by atoms with E-state index in [1.807, 2.05) is 0 Å². The molecule has 1 saturated heterocycles. The lowest BCUT2D eigenvalue weighted by atomic mass is 10.2. The van der Waals surface area contributed by atoms with Gasteiger partial charge in [-0.05, 0) is 6.42 Å². The van der Waals surface area contributed by atoms with Gasteiger partial charge in [-0.25, -0.2) is 13.4 Å². The number of sulfone groups is 1. The van der Waals surface area contributed by atoms with E-state index in [0.717, 1.165) is 0 Å². The summed E-state index contributed by atoms with van der Waals surface area (Å²) in [7, 11) is -1.57. The monoisotopic (exact) mass is 333 g/mol. The van der Waals surface area contributed by atoms with Crippen LogP contribution >= 0.6 is 11.6 Å². The average Bonchev–Trinajstić information content (AvgIpc) is 2.79. The zero-order valence-electron chi connectivity index (χ0n) is 11.5. The Hall–Kier alpha value is -1.25. The van der Waals surface area contributed by atoms with Crippen LogP contribution in [0, 0.1) is 0 Å². The number of nitrogens with zero attached hydrogens (tertiary/aromatic N) is 3. The Morgan fingerprint density at radius 2 is 2.29 bits per heavy atom. The number of ether oxygens (including phenoxy) is 1. The van der Waals surface area contributed by atoms with Gasteiger partial charge < -0.3 is 9.64 Å². The Morgan fingerprint density at radius 1 is 1.52 bits per heavy atom. The molecule has 1 aliphatic heterocycles. The van der Waals surface area contributed by atoms with Gasteiger partial charge in [0.1, 0.15) is 10.8 Å². The van der Waals surface area contributed by atoms with Gasteiger partial charge in [0.05, 0.1) is 30.5 Å². The van der Waals surface area contributed by atoms with Gasteiger partial charge in [0.2, 0.25) is 0 Å². The molecule has 1 aliphatic rings. The van der Waals surface area contributed by atoms with Gasteiger partial charge in [0.15, 0.2) is 9.84 Å². The molecule has 7 nitrogen and oxygen atoms in total. The number of amides is 1. The lowest BCUT2D eigenvalue weighted by Crippen LogP contribution is -2.43. The van der Waals surface area contributed by atoms with Gasteiger partial charge >= 0.3 is 0 Å². The largest absolute Gasteiger partial charge is 0.383 e. The van der Waals surface area contributed by atoms with Crippen LogP contribution < -0.4 is 0 Å². The van der Waals surface area contributed by atoms with Crippen LogP contribution in [0.4, 0.5) is 0 Å². The van der Waals surface area contributed by atoms with E-state index in [4.69, 9.17) is 16.3 Å². The van der Waals surface area contributed by atoms with E-state index >= 15 is 0 Å². The van der Waals surface area contributed by atoms with E-state index in [1.165, 1.54) is 24.4 Å². The topological polar surface area (TPSA) is 89.5 Å². The molecule has 1 fully saturated rings. The molecule has 0 aromatic carbocycles. The molecule has 0 saturated carbocycles. The quantitative estimate of drug-likeness (QED) is 0.775. The second-order valence-corrected chi connectivity index (χ2v) is 7.39. The van der Waals surface area contributed by atoms with E-state index in [-0.39, 0.29) is 34.3 Å². The lowest BCUT2D eigenvalue weighted by Gasteiger charge is -2.27. The van der Waals surface area contributed by atoms with Crippen molar-refractivity contribution in [2.24, 2.45) is 0 Å². The first kappa shape index (κ1) is 16.1. The number of hydrogen-bond acceptors (Lipinski definition) is 6. The van der Waals surface area contributed by atoms with Crippen molar-refractivity contribution in [2.45, 2.75) is 12.5 Å². The molecule has 9 heteroatoms. The van der Waals surface area contributed by atoms with E-state index in [9.17, 15) is 13.2 Å². The van der Waals surface area contributed by atoms with Crippen LogP contribution in [0.5, 0.6) is 0 Å². The van der Waals surface area contributed by atoms with Crippen LogP contribution in [0.1, 0.15) is 16.9 Å². The van der Waals surface area contributed by atoms with Crippen LogP contribution in [-0.2, 0) is 14.6 Å². The predicted molar refractivity (Wildman–Crippen MR) is 77.0 cm³/mol. The van der Waals surface area contributed by atoms with Gasteiger partial charge in [-0.3, -0.25) is 9.78 Å². The maximum absolute atomic E-state index is 12.5. The molecule has 0 N–H and O–H groups in total. The van der Waals surface area contributed by atoms with Crippen LogP contribution in [0.25, 0.3) is 0 Å². The molecule has 0 bridgehead atoms. The molecule has 21 heavy (non-hydrogen) atoms. The number of rotatable bonds is 5. The van der Waals surface area contributed by atoms with Crippen LogP contribution in [0.15, 0.2) is 12.4 Å². The van der Waals surface area contributed by atoms with Gasteiger partial charge in [0, 0.05) is 19.7 Å². The van der Waals surface area contributed by atoms with Crippen LogP contribution in [0.3, 0.4) is 0 Å². The summed E-state index contributed by atoms with van der Waals surface area (Å²) in [6.07, 6.45) is 3.07. The summed E-state index contributed by atoms with van der Waals surface area (Å²) in [5.74, 6) is -0.323. The number of carbonyl (C=O) groups is 1. The van der Waals surface area contributed by atoms with Gasteiger partial charge in [-0.1, -0.05) is 11.6 Å². The molecular formula is C12H16ClN3O4S. The average molecular weight is 334 g/mol.